The molecule has 1 amide bonds. The molecule has 0 radical (unpaired) electrons. The van der Waals surface area contributed by atoms with Gasteiger partial charge in [-0.15, -0.1) is 0 Å². The van der Waals surface area contributed by atoms with Crippen molar-refractivity contribution in [2.75, 3.05) is 52.3 Å². The van der Waals surface area contributed by atoms with E-state index in [0.29, 0.717) is 6.42 Å². The zero-order valence-corrected chi connectivity index (χ0v) is 40.0. The van der Waals surface area contributed by atoms with Crippen molar-refractivity contribution in [3.8, 4) is 0 Å². The Morgan fingerprint density at radius 1 is 0.474 bits per heavy atom. The maximum atomic E-state index is 12.8. The lowest BCUT2D eigenvalue weighted by molar-refractivity contribution is -0.910. The van der Waals surface area contributed by atoms with Crippen LogP contribution in [-0.4, -0.2) is 78.4 Å². The minimum absolute atomic E-state index is 0.103. The summed E-state index contributed by atoms with van der Waals surface area (Å²) in [4.78, 5) is 12.8. The van der Waals surface area contributed by atoms with Crippen LogP contribution in [0.5, 0.6) is 0 Å². The van der Waals surface area contributed by atoms with Crippen molar-refractivity contribution >= 4 is 17.9 Å². The van der Waals surface area contributed by atoms with E-state index in [4.69, 9.17) is 4.18 Å². The summed E-state index contributed by atoms with van der Waals surface area (Å²) in [6, 6.07) is 0. The average molecular weight is 828 g/mol. The second kappa shape index (κ2) is 43.7. The minimum atomic E-state index is -1.13. The fourth-order valence-corrected chi connectivity index (χ4v) is 8.96. The Labute approximate surface area is 361 Å². The number of aliphatic hydroxyl groups excluding tert-OH is 2. The van der Waals surface area contributed by atoms with Crippen LogP contribution in [0.25, 0.3) is 0 Å². The lowest BCUT2D eigenvalue weighted by Gasteiger charge is -2.35. The second-order valence-electron chi connectivity index (χ2n) is 18.4. The second-order valence-corrected chi connectivity index (χ2v) is 19.3. The van der Waals surface area contributed by atoms with Gasteiger partial charge in [0.1, 0.15) is 5.54 Å². The Balaban J connectivity index is 4.37. The van der Waals surface area contributed by atoms with Gasteiger partial charge in [-0.3, -0.25) is 4.79 Å². The van der Waals surface area contributed by atoms with Crippen molar-refractivity contribution in [3.63, 3.8) is 0 Å². The molecule has 57 heavy (non-hydrogen) atoms. The highest BCUT2D eigenvalue weighted by molar-refractivity contribution is 7.94. The molecule has 0 rings (SSSR count). The summed E-state index contributed by atoms with van der Waals surface area (Å²) in [6.45, 7) is 10.0. The van der Waals surface area contributed by atoms with E-state index in [1.807, 2.05) is 0 Å². The normalized spacial score (nSPS) is 12.2. The van der Waals surface area contributed by atoms with Gasteiger partial charge in [0, 0.05) is 18.6 Å². The fourth-order valence-electron chi connectivity index (χ4n) is 8.29. The van der Waals surface area contributed by atoms with Crippen LogP contribution in [0.15, 0.2) is 0 Å². The van der Waals surface area contributed by atoms with Gasteiger partial charge in [-0.1, -0.05) is 213 Å². The van der Waals surface area contributed by atoms with Crippen molar-refractivity contribution in [2.45, 2.75) is 264 Å². The lowest BCUT2D eigenvalue weighted by atomic mass is 10.0. The fraction of sp³-hybridized carbons (Fsp3) is 0.980. The van der Waals surface area contributed by atoms with Gasteiger partial charge in [-0.25, -0.2) is 0 Å². The molecule has 0 saturated carbocycles. The van der Waals surface area contributed by atoms with E-state index in [0.717, 1.165) is 36.0 Å². The van der Waals surface area contributed by atoms with Crippen LogP contribution in [0.2, 0.25) is 0 Å². The third-order valence-corrected chi connectivity index (χ3v) is 13.2. The third kappa shape index (κ3) is 38.3. The van der Waals surface area contributed by atoms with Crippen LogP contribution in [0, 0.1) is 0 Å². The molecule has 0 fully saturated rings. The molecule has 0 aliphatic rings. The zero-order chi connectivity index (χ0) is 41.8. The molecule has 6 nitrogen and oxygen atoms in total. The zero-order valence-electron chi connectivity index (χ0n) is 39.2. The summed E-state index contributed by atoms with van der Waals surface area (Å²) in [5, 5.41) is 23.2. The molecule has 0 aromatic carbocycles. The summed E-state index contributed by atoms with van der Waals surface area (Å²) in [5.41, 5.74) is -1.13. The number of amides is 1. The van der Waals surface area contributed by atoms with Crippen LogP contribution in [0.3, 0.4) is 0 Å². The van der Waals surface area contributed by atoms with Gasteiger partial charge in [0.2, 0.25) is 5.91 Å². The number of unbranched alkanes of at least 4 members (excludes halogenated alkanes) is 32. The van der Waals surface area contributed by atoms with Crippen LogP contribution in [0.4, 0.5) is 0 Å². The summed E-state index contributed by atoms with van der Waals surface area (Å²) < 4.78 is 7.09. The Morgan fingerprint density at radius 3 is 1.11 bits per heavy atom. The molecule has 7 heteroatoms. The number of aliphatic hydroxyl groups is 2. The number of rotatable bonds is 48. The van der Waals surface area contributed by atoms with Gasteiger partial charge in [0.05, 0.1) is 46.5 Å². The Morgan fingerprint density at radius 2 is 0.772 bits per heavy atom. The van der Waals surface area contributed by atoms with Gasteiger partial charge in [-0.2, -0.15) is 0 Å². The molecule has 0 saturated heterocycles. The van der Waals surface area contributed by atoms with E-state index in [9.17, 15) is 15.0 Å². The van der Waals surface area contributed by atoms with Crippen molar-refractivity contribution < 1.29 is 23.7 Å². The molecule has 0 unspecified atom stereocenters. The van der Waals surface area contributed by atoms with E-state index in [2.05, 4.69) is 33.1 Å². The van der Waals surface area contributed by atoms with Gasteiger partial charge in [0.15, 0.2) is 0 Å². The Kier molecular flexibility index (Phi) is 43.5. The quantitative estimate of drug-likeness (QED) is 0.0323. The highest BCUT2D eigenvalue weighted by atomic mass is 32.2. The van der Waals surface area contributed by atoms with Crippen molar-refractivity contribution in [1.82, 2.24) is 5.32 Å². The van der Waals surface area contributed by atoms with Gasteiger partial charge in [0.25, 0.3) is 0 Å². The first kappa shape index (κ1) is 56.7. The van der Waals surface area contributed by atoms with Crippen molar-refractivity contribution in [2.24, 2.45) is 0 Å². The van der Waals surface area contributed by atoms with Crippen molar-refractivity contribution in [1.29, 1.82) is 0 Å². The van der Waals surface area contributed by atoms with E-state index >= 15 is 0 Å². The van der Waals surface area contributed by atoms with E-state index < -0.39 is 5.54 Å². The molecule has 0 heterocycles. The molecule has 3 N–H and O–H groups in total. The van der Waals surface area contributed by atoms with Crippen molar-refractivity contribution in [3.05, 3.63) is 0 Å². The first-order chi connectivity index (χ1) is 27.9. The molecule has 0 aromatic heterocycles. The molecule has 0 aliphatic heterocycles. The monoisotopic (exact) mass is 828 g/mol. The molecule has 342 valence electrons. The summed E-state index contributed by atoms with van der Waals surface area (Å²) >= 11 is 1.42. The predicted octanol–water partition coefficient (Wildman–Crippen LogP) is 14.4. The standard InChI is InChI=1S/C50H102N2O4S/c1-5-8-11-14-17-20-23-24-25-26-27-28-31-34-37-41-49(55)51-50(46-53,47-54)48-56-57-45-40-44-52(4,42-38-35-32-29-21-18-15-12-9-6-2)43-39-36-33-30-22-19-16-13-10-7-3/h53-54H,5-48H2,1-4H3/p+1. The minimum Gasteiger partial charge on any atom is -0.394 e. The van der Waals surface area contributed by atoms with Gasteiger partial charge < -0.3 is 24.2 Å². The molecule has 0 aliphatic carbocycles. The Bertz CT molecular complexity index is 787. The lowest BCUT2D eigenvalue weighted by Crippen LogP contribution is -2.57. The molecular weight excluding hydrogens is 725 g/mol. The molecule has 0 aromatic rings. The number of carbonyl (C=O) groups excluding carboxylic acids is 1. The average Bonchev–Trinajstić information content (AvgIpc) is 3.21. The van der Waals surface area contributed by atoms with Gasteiger partial charge >= 0.3 is 0 Å². The smallest absolute Gasteiger partial charge is 0.220 e. The summed E-state index contributed by atoms with van der Waals surface area (Å²) in [6.07, 6.45) is 48.6. The van der Waals surface area contributed by atoms with Crippen LogP contribution in [-0.2, 0) is 8.98 Å². The number of carbonyl (C=O) groups is 1. The highest BCUT2D eigenvalue weighted by Gasteiger charge is 2.31. The number of hydrogen-bond acceptors (Lipinski definition) is 5. The highest BCUT2D eigenvalue weighted by Crippen LogP contribution is 2.19. The number of nitrogens with one attached hydrogen (secondary N) is 1. The molecular formula is C50H103N2O4S+. The van der Waals surface area contributed by atoms with Crippen LogP contribution in [0.1, 0.15) is 258 Å². The Hall–Kier alpha value is -0.340. The summed E-state index contributed by atoms with van der Waals surface area (Å²) in [7, 11) is 2.48. The molecule has 0 spiro atoms. The number of quaternary nitrogens is 1. The van der Waals surface area contributed by atoms with Gasteiger partial charge in [-0.05, 0) is 44.1 Å². The van der Waals surface area contributed by atoms with E-state index in [-0.39, 0.29) is 25.7 Å². The largest absolute Gasteiger partial charge is 0.394 e. The van der Waals surface area contributed by atoms with Crippen LogP contribution >= 0.6 is 12.0 Å². The first-order valence-corrected chi connectivity index (χ1v) is 26.4. The first-order valence-electron chi connectivity index (χ1n) is 25.5. The number of nitrogens with zero attached hydrogens (tertiary/aromatic N) is 1. The SMILES string of the molecule is CCCCCCCCCCCCCCCCCC(=O)NC(CO)(CO)COSCCC[N+](C)(CCCCCCCCCCCC)CCCCCCCCCCCC. The topological polar surface area (TPSA) is 78.8 Å². The molecule has 0 atom stereocenters. The number of hydrogen-bond donors (Lipinski definition) is 3. The van der Waals surface area contributed by atoms with E-state index in [1.54, 1.807) is 0 Å². The third-order valence-electron chi connectivity index (χ3n) is 12.5. The molecule has 0 bridgehead atoms. The maximum absolute atomic E-state index is 12.8. The van der Waals surface area contributed by atoms with Crippen LogP contribution < -0.4 is 5.32 Å². The summed E-state index contributed by atoms with van der Waals surface area (Å²) in [5.74, 6) is 0.776. The van der Waals surface area contributed by atoms with E-state index in [1.165, 1.54) is 237 Å². The maximum Gasteiger partial charge on any atom is 0.220 e. The predicted molar refractivity (Wildman–Crippen MR) is 252 cm³/mol.